The second-order valence-electron chi connectivity index (χ2n) is 8.47. The highest BCUT2D eigenvalue weighted by Gasteiger charge is 2.29. The Balaban J connectivity index is 1.35. The quantitative estimate of drug-likeness (QED) is 0.596. The van der Waals surface area contributed by atoms with Gasteiger partial charge in [-0.3, -0.25) is 4.79 Å². The van der Waals surface area contributed by atoms with E-state index in [-0.39, 0.29) is 5.78 Å². The molecule has 2 heterocycles. The molecule has 0 atom stereocenters. The summed E-state index contributed by atoms with van der Waals surface area (Å²) in [7, 11) is 0. The van der Waals surface area contributed by atoms with Gasteiger partial charge in [-0.05, 0) is 62.1 Å². The fraction of sp³-hybridized carbons (Fsp3) is 0.609. The van der Waals surface area contributed by atoms with Crippen molar-refractivity contribution in [3.05, 3.63) is 46.0 Å². The SMILES string of the molecule is Cc1c(Cl)cccc1CC(=O)CCc1nnc(CCC2CCOCC2)n1C1CC1. The normalized spacial score (nSPS) is 17.6. The van der Waals surface area contributed by atoms with Crippen LogP contribution >= 0.6 is 11.6 Å². The molecule has 1 aliphatic carbocycles. The third-order valence-electron chi connectivity index (χ3n) is 6.26. The van der Waals surface area contributed by atoms with Gasteiger partial charge in [-0.1, -0.05) is 23.7 Å². The second kappa shape index (κ2) is 9.40. The molecule has 0 N–H and O–H groups in total. The number of ketones is 1. The van der Waals surface area contributed by atoms with E-state index in [1.807, 2.05) is 25.1 Å². The Kier molecular flexibility index (Phi) is 6.66. The van der Waals surface area contributed by atoms with Gasteiger partial charge in [-0.25, -0.2) is 0 Å². The first-order valence-corrected chi connectivity index (χ1v) is 11.3. The summed E-state index contributed by atoms with van der Waals surface area (Å²) in [4.78, 5) is 12.6. The van der Waals surface area contributed by atoms with E-state index in [2.05, 4.69) is 14.8 Å². The van der Waals surface area contributed by atoms with Gasteiger partial charge in [-0.15, -0.1) is 10.2 Å². The van der Waals surface area contributed by atoms with E-state index in [1.165, 1.54) is 12.8 Å². The molecule has 5 nitrogen and oxygen atoms in total. The van der Waals surface area contributed by atoms with E-state index in [1.54, 1.807) is 0 Å². The van der Waals surface area contributed by atoms with Crippen molar-refractivity contribution >= 4 is 17.4 Å². The molecule has 4 rings (SSSR count). The summed E-state index contributed by atoms with van der Waals surface area (Å²) in [6.45, 7) is 3.75. The molecule has 0 radical (unpaired) electrons. The Morgan fingerprint density at radius 1 is 1.14 bits per heavy atom. The van der Waals surface area contributed by atoms with E-state index in [9.17, 15) is 4.79 Å². The lowest BCUT2D eigenvalue weighted by atomic mass is 9.95. The van der Waals surface area contributed by atoms with Gasteiger partial charge in [-0.2, -0.15) is 0 Å². The van der Waals surface area contributed by atoms with Gasteiger partial charge in [0, 0.05) is 50.0 Å². The number of aryl methyl sites for hydroxylation is 2. The van der Waals surface area contributed by atoms with Gasteiger partial charge in [0.1, 0.15) is 17.4 Å². The van der Waals surface area contributed by atoms with E-state index in [0.717, 1.165) is 72.6 Å². The summed E-state index contributed by atoms with van der Waals surface area (Å²) in [5, 5.41) is 9.69. The van der Waals surface area contributed by atoms with Crippen LogP contribution in [0.4, 0.5) is 0 Å². The standard InChI is InChI=1S/C23H30ClN3O2/c1-16-18(3-2-4-21(16)24)15-20(28)8-10-23-26-25-22(27(23)19-6-7-19)9-5-17-11-13-29-14-12-17/h2-4,17,19H,5-15H2,1H3. The number of carbonyl (C=O) groups is 1. The molecule has 0 amide bonds. The number of Topliss-reactive ketones (excluding diaryl/α,β-unsaturated/α-hetero) is 1. The lowest BCUT2D eigenvalue weighted by molar-refractivity contribution is -0.118. The molecule has 1 aliphatic heterocycles. The van der Waals surface area contributed by atoms with Crippen LogP contribution in [-0.2, 0) is 28.8 Å². The van der Waals surface area contributed by atoms with Gasteiger partial charge < -0.3 is 9.30 Å². The third-order valence-corrected chi connectivity index (χ3v) is 6.67. The Labute approximate surface area is 177 Å². The first-order valence-electron chi connectivity index (χ1n) is 10.9. The summed E-state index contributed by atoms with van der Waals surface area (Å²) in [6.07, 6.45) is 8.43. The summed E-state index contributed by atoms with van der Waals surface area (Å²) in [6, 6.07) is 6.30. The Hall–Kier alpha value is -1.72. The fourth-order valence-electron chi connectivity index (χ4n) is 4.22. The van der Waals surface area contributed by atoms with Crippen LogP contribution in [0, 0.1) is 12.8 Å². The largest absolute Gasteiger partial charge is 0.381 e. The van der Waals surface area contributed by atoms with Crippen molar-refractivity contribution in [3.8, 4) is 0 Å². The van der Waals surface area contributed by atoms with Gasteiger partial charge >= 0.3 is 0 Å². The summed E-state index contributed by atoms with van der Waals surface area (Å²) in [5.74, 6) is 3.04. The number of aromatic nitrogens is 3. The number of ether oxygens (including phenoxy) is 1. The molecular weight excluding hydrogens is 386 g/mol. The first kappa shape index (κ1) is 20.5. The van der Waals surface area contributed by atoms with Gasteiger partial charge in [0.2, 0.25) is 0 Å². The predicted octanol–water partition coefficient (Wildman–Crippen LogP) is 4.68. The number of hydrogen-bond acceptors (Lipinski definition) is 4. The molecule has 2 fully saturated rings. The number of carbonyl (C=O) groups excluding carboxylic acids is 1. The van der Waals surface area contributed by atoms with Crippen LogP contribution in [-0.4, -0.2) is 33.8 Å². The molecule has 2 aliphatic rings. The van der Waals surface area contributed by atoms with E-state index < -0.39 is 0 Å². The molecule has 1 aromatic carbocycles. The molecule has 1 saturated heterocycles. The molecule has 1 saturated carbocycles. The monoisotopic (exact) mass is 415 g/mol. The van der Waals surface area contributed by atoms with E-state index in [4.69, 9.17) is 16.3 Å². The van der Waals surface area contributed by atoms with Crippen LogP contribution in [0.15, 0.2) is 18.2 Å². The lowest BCUT2D eigenvalue weighted by Crippen LogP contribution is -2.17. The Bertz CT molecular complexity index is 854. The lowest BCUT2D eigenvalue weighted by Gasteiger charge is -2.21. The van der Waals surface area contributed by atoms with E-state index >= 15 is 0 Å². The third kappa shape index (κ3) is 5.26. The average Bonchev–Trinajstić information content (AvgIpc) is 3.49. The van der Waals surface area contributed by atoms with Crippen LogP contribution in [0.25, 0.3) is 0 Å². The van der Waals surface area contributed by atoms with Crippen molar-refractivity contribution in [2.75, 3.05) is 13.2 Å². The number of rotatable bonds is 9. The zero-order valence-corrected chi connectivity index (χ0v) is 18.0. The van der Waals surface area contributed by atoms with Crippen molar-refractivity contribution in [2.45, 2.75) is 70.8 Å². The molecule has 0 unspecified atom stereocenters. The first-order chi connectivity index (χ1) is 14.1. The van der Waals surface area contributed by atoms with Crippen molar-refractivity contribution in [1.29, 1.82) is 0 Å². The summed E-state index contributed by atoms with van der Waals surface area (Å²) < 4.78 is 7.80. The number of nitrogens with zero attached hydrogens (tertiary/aromatic N) is 3. The minimum absolute atomic E-state index is 0.226. The molecule has 1 aromatic heterocycles. The van der Waals surface area contributed by atoms with E-state index in [0.29, 0.717) is 25.3 Å². The van der Waals surface area contributed by atoms with Gasteiger partial charge in [0.25, 0.3) is 0 Å². The Morgan fingerprint density at radius 2 is 1.86 bits per heavy atom. The minimum Gasteiger partial charge on any atom is -0.381 e. The highest BCUT2D eigenvalue weighted by Crippen LogP contribution is 2.37. The summed E-state index contributed by atoms with van der Waals surface area (Å²) in [5.41, 5.74) is 2.02. The van der Waals surface area contributed by atoms with Gasteiger partial charge in [0.15, 0.2) is 0 Å². The molecule has 0 spiro atoms. The highest BCUT2D eigenvalue weighted by molar-refractivity contribution is 6.31. The summed E-state index contributed by atoms with van der Waals surface area (Å²) >= 11 is 6.18. The minimum atomic E-state index is 0.226. The maximum atomic E-state index is 12.6. The topological polar surface area (TPSA) is 57.0 Å². The Morgan fingerprint density at radius 3 is 2.59 bits per heavy atom. The zero-order valence-electron chi connectivity index (χ0n) is 17.2. The van der Waals surface area contributed by atoms with Gasteiger partial charge in [0.05, 0.1) is 0 Å². The average molecular weight is 416 g/mol. The zero-order chi connectivity index (χ0) is 20.2. The van der Waals surface area contributed by atoms with Crippen LogP contribution in [0.3, 0.4) is 0 Å². The van der Waals surface area contributed by atoms with Crippen LogP contribution in [0.1, 0.15) is 67.3 Å². The number of benzene rings is 1. The van der Waals surface area contributed by atoms with Crippen LogP contribution in [0.2, 0.25) is 5.02 Å². The van der Waals surface area contributed by atoms with Crippen LogP contribution < -0.4 is 0 Å². The molecule has 2 aromatic rings. The predicted molar refractivity (Wildman–Crippen MR) is 113 cm³/mol. The molecular formula is C23H30ClN3O2. The maximum absolute atomic E-state index is 12.6. The molecule has 0 bridgehead atoms. The van der Waals surface area contributed by atoms with Crippen molar-refractivity contribution in [1.82, 2.24) is 14.8 Å². The molecule has 6 heteroatoms. The van der Waals surface area contributed by atoms with Crippen molar-refractivity contribution < 1.29 is 9.53 Å². The number of halogens is 1. The fourth-order valence-corrected chi connectivity index (χ4v) is 4.41. The molecule has 29 heavy (non-hydrogen) atoms. The molecule has 156 valence electrons. The maximum Gasteiger partial charge on any atom is 0.137 e. The smallest absolute Gasteiger partial charge is 0.137 e. The van der Waals surface area contributed by atoms with Crippen molar-refractivity contribution in [2.24, 2.45) is 5.92 Å². The second-order valence-corrected chi connectivity index (χ2v) is 8.87. The highest BCUT2D eigenvalue weighted by atomic mass is 35.5. The van der Waals surface area contributed by atoms with Crippen molar-refractivity contribution in [3.63, 3.8) is 0 Å². The number of hydrogen-bond donors (Lipinski definition) is 0. The van der Waals surface area contributed by atoms with Crippen LogP contribution in [0.5, 0.6) is 0 Å².